The van der Waals surface area contributed by atoms with Crippen LogP contribution in [0.5, 0.6) is 5.75 Å². The topological polar surface area (TPSA) is 70.6 Å². The van der Waals surface area contributed by atoms with Gasteiger partial charge in [0.25, 0.3) is 5.91 Å². The minimum Gasteiger partial charge on any atom is -0.482 e. The summed E-state index contributed by atoms with van der Waals surface area (Å²) in [5, 5.41) is 12.4. The highest BCUT2D eigenvalue weighted by molar-refractivity contribution is 6.35. The number of carbonyl (C=O) groups excluding carboxylic acids is 1. The lowest BCUT2D eigenvalue weighted by molar-refractivity contribution is -0.118. The third kappa shape index (κ3) is 5.68. The van der Waals surface area contributed by atoms with Crippen molar-refractivity contribution in [2.24, 2.45) is 0 Å². The number of likely N-dealkylation sites (N-methyl/N-ethyl adjacent to an activating group) is 1. The molecule has 0 unspecified atom stereocenters. The molecule has 9 heteroatoms. The lowest BCUT2D eigenvalue weighted by atomic mass is 10.1. The maximum Gasteiger partial charge on any atom is 0.262 e. The van der Waals surface area contributed by atoms with E-state index >= 15 is 0 Å². The smallest absolute Gasteiger partial charge is 0.262 e. The molecule has 1 saturated heterocycles. The van der Waals surface area contributed by atoms with Gasteiger partial charge in [-0.2, -0.15) is 0 Å². The van der Waals surface area contributed by atoms with Gasteiger partial charge in [-0.05, 0) is 49.5 Å². The summed E-state index contributed by atoms with van der Waals surface area (Å²) in [6.07, 6.45) is 0. The molecule has 1 aromatic heterocycles. The number of benzene rings is 2. The lowest BCUT2D eigenvalue weighted by Gasteiger charge is -2.32. The predicted molar refractivity (Wildman–Crippen MR) is 128 cm³/mol. The lowest BCUT2D eigenvalue weighted by Crippen LogP contribution is -2.44. The Labute approximate surface area is 196 Å². The van der Waals surface area contributed by atoms with Gasteiger partial charge in [0.2, 0.25) is 0 Å². The van der Waals surface area contributed by atoms with Gasteiger partial charge in [-0.1, -0.05) is 35.3 Å². The minimum absolute atomic E-state index is 0.164. The SMILES string of the molecule is CN1CCN(c2ccc(-c3ccc(NC(=O)COc4ccc(Cl)cc4Cl)cc3)nn2)CC1. The van der Waals surface area contributed by atoms with E-state index < -0.39 is 0 Å². The Kier molecular flexibility index (Phi) is 7.09. The molecule has 0 spiro atoms. The number of hydrogen-bond donors (Lipinski definition) is 1. The van der Waals surface area contributed by atoms with Crippen molar-refractivity contribution in [1.82, 2.24) is 15.1 Å². The number of anilines is 2. The van der Waals surface area contributed by atoms with Crippen LogP contribution in [-0.4, -0.2) is 60.8 Å². The Morgan fingerprint density at radius 2 is 1.75 bits per heavy atom. The summed E-state index contributed by atoms with van der Waals surface area (Å²) in [6, 6.07) is 16.2. The van der Waals surface area contributed by atoms with Crippen molar-refractivity contribution in [1.29, 1.82) is 0 Å². The molecule has 1 aliphatic heterocycles. The van der Waals surface area contributed by atoms with Crippen LogP contribution in [0.3, 0.4) is 0 Å². The van der Waals surface area contributed by atoms with Crippen LogP contribution in [-0.2, 0) is 4.79 Å². The molecule has 7 nitrogen and oxygen atoms in total. The van der Waals surface area contributed by atoms with Gasteiger partial charge in [0.1, 0.15) is 5.75 Å². The molecule has 3 aromatic rings. The normalized spacial score (nSPS) is 14.3. The van der Waals surface area contributed by atoms with Crippen molar-refractivity contribution in [3.63, 3.8) is 0 Å². The van der Waals surface area contributed by atoms with Crippen molar-refractivity contribution in [3.05, 3.63) is 64.6 Å². The van der Waals surface area contributed by atoms with Crippen LogP contribution in [0.4, 0.5) is 11.5 Å². The predicted octanol–water partition coefficient (Wildman–Crippen LogP) is 4.22. The average Bonchev–Trinajstić information content (AvgIpc) is 2.80. The van der Waals surface area contributed by atoms with Gasteiger partial charge >= 0.3 is 0 Å². The molecule has 0 radical (unpaired) electrons. The molecule has 166 valence electrons. The van der Waals surface area contributed by atoms with Gasteiger partial charge in [0, 0.05) is 42.5 Å². The molecule has 1 aliphatic rings. The molecular weight excluding hydrogens is 449 g/mol. The fourth-order valence-corrected chi connectivity index (χ4v) is 3.80. The second kappa shape index (κ2) is 10.2. The van der Waals surface area contributed by atoms with Crippen molar-refractivity contribution in [2.75, 3.05) is 50.1 Å². The summed E-state index contributed by atoms with van der Waals surface area (Å²) >= 11 is 11.9. The standard InChI is InChI=1S/C23H23Cl2N5O2/c1-29-10-12-30(13-11-29)22-9-7-20(27-28-22)16-2-5-18(6-3-16)26-23(31)15-32-21-8-4-17(24)14-19(21)25/h2-9,14H,10-13,15H2,1H3,(H,26,31). The van der Waals surface area contributed by atoms with E-state index in [4.69, 9.17) is 27.9 Å². The fraction of sp³-hybridized carbons (Fsp3) is 0.261. The molecule has 2 heterocycles. The number of nitrogens with one attached hydrogen (secondary N) is 1. The highest BCUT2D eigenvalue weighted by Crippen LogP contribution is 2.27. The van der Waals surface area contributed by atoms with E-state index in [9.17, 15) is 4.79 Å². The van der Waals surface area contributed by atoms with E-state index in [2.05, 4.69) is 32.4 Å². The van der Waals surface area contributed by atoms with Gasteiger partial charge in [-0.15, -0.1) is 10.2 Å². The van der Waals surface area contributed by atoms with Crippen molar-refractivity contribution < 1.29 is 9.53 Å². The Bertz CT molecular complexity index is 1070. The minimum atomic E-state index is -0.292. The summed E-state index contributed by atoms with van der Waals surface area (Å²) in [5.74, 6) is 1.01. The zero-order chi connectivity index (χ0) is 22.5. The Hall–Kier alpha value is -2.87. The van der Waals surface area contributed by atoms with E-state index in [1.807, 2.05) is 36.4 Å². The molecule has 0 saturated carbocycles. The second-order valence-electron chi connectivity index (χ2n) is 7.56. The van der Waals surface area contributed by atoms with Crippen molar-refractivity contribution >= 4 is 40.6 Å². The zero-order valence-electron chi connectivity index (χ0n) is 17.6. The average molecular weight is 472 g/mol. The molecule has 0 aliphatic carbocycles. The van der Waals surface area contributed by atoms with Crippen LogP contribution >= 0.6 is 23.2 Å². The number of rotatable bonds is 6. The number of nitrogens with zero attached hydrogens (tertiary/aromatic N) is 4. The third-order valence-corrected chi connectivity index (χ3v) is 5.73. The van der Waals surface area contributed by atoms with Crippen LogP contribution in [0.25, 0.3) is 11.3 Å². The summed E-state index contributed by atoms with van der Waals surface area (Å²) in [4.78, 5) is 16.7. The number of piperazine rings is 1. The second-order valence-corrected chi connectivity index (χ2v) is 8.40. The van der Waals surface area contributed by atoms with E-state index in [1.54, 1.807) is 18.2 Å². The maximum atomic E-state index is 12.2. The van der Waals surface area contributed by atoms with E-state index in [1.165, 1.54) is 0 Å². The first-order chi connectivity index (χ1) is 15.5. The van der Waals surface area contributed by atoms with Crippen LogP contribution < -0.4 is 15.0 Å². The molecule has 4 rings (SSSR count). The monoisotopic (exact) mass is 471 g/mol. The number of halogens is 2. The van der Waals surface area contributed by atoms with Gasteiger partial charge in [0.05, 0.1) is 10.7 Å². The van der Waals surface area contributed by atoms with Crippen molar-refractivity contribution in [3.8, 4) is 17.0 Å². The summed E-state index contributed by atoms with van der Waals surface area (Å²) in [6.45, 7) is 3.78. The summed E-state index contributed by atoms with van der Waals surface area (Å²) in [5.41, 5.74) is 2.36. The van der Waals surface area contributed by atoms with Crippen LogP contribution in [0.15, 0.2) is 54.6 Å². The van der Waals surface area contributed by atoms with Crippen LogP contribution in [0, 0.1) is 0 Å². The van der Waals surface area contributed by atoms with Gasteiger partial charge in [-0.3, -0.25) is 4.79 Å². The van der Waals surface area contributed by atoms with Gasteiger partial charge < -0.3 is 19.9 Å². The molecular formula is C23H23Cl2N5O2. The first kappa shape index (κ1) is 22.3. The molecule has 1 N–H and O–H groups in total. The number of aromatic nitrogens is 2. The Morgan fingerprint density at radius 3 is 2.41 bits per heavy atom. The fourth-order valence-electron chi connectivity index (χ4n) is 3.34. The van der Waals surface area contributed by atoms with Crippen molar-refractivity contribution in [2.45, 2.75) is 0 Å². The van der Waals surface area contributed by atoms with E-state index in [0.717, 1.165) is 43.3 Å². The Balaban J connectivity index is 1.32. The largest absolute Gasteiger partial charge is 0.482 e. The summed E-state index contributed by atoms with van der Waals surface area (Å²) in [7, 11) is 2.13. The van der Waals surface area contributed by atoms with E-state index in [-0.39, 0.29) is 12.5 Å². The number of ether oxygens (including phenoxy) is 1. The van der Waals surface area contributed by atoms with Crippen LogP contribution in [0.2, 0.25) is 10.0 Å². The first-order valence-electron chi connectivity index (χ1n) is 10.2. The molecule has 2 aromatic carbocycles. The zero-order valence-corrected chi connectivity index (χ0v) is 19.1. The number of hydrogen-bond acceptors (Lipinski definition) is 6. The van der Waals surface area contributed by atoms with E-state index in [0.29, 0.717) is 21.5 Å². The number of carbonyl (C=O) groups is 1. The third-order valence-electron chi connectivity index (χ3n) is 5.19. The quantitative estimate of drug-likeness (QED) is 0.580. The molecule has 1 amide bonds. The van der Waals surface area contributed by atoms with Gasteiger partial charge in [0.15, 0.2) is 12.4 Å². The highest BCUT2D eigenvalue weighted by atomic mass is 35.5. The Morgan fingerprint density at radius 1 is 1.00 bits per heavy atom. The summed E-state index contributed by atoms with van der Waals surface area (Å²) < 4.78 is 5.46. The molecule has 0 bridgehead atoms. The maximum absolute atomic E-state index is 12.2. The first-order valence-corrected chi connectivity index (χ1v) is 11.0. The number of amides is 1. The van der Waals surface area contributed by atoms with Crippen LogP contribution in [0.1, 0.15) is 0 Å². The highest BCUT2D eigenvalue weighted by Gasteiger charge is 2.15. The van der Waals surface area contributed by atoms with Gasteiger partial charge in [-0.25, -0.2) is 0 Å². The molecule has 32 heavy (non-hydrogen) atoms. The molecule has 0 atom stereocenters. The molecule has 1 fully saturated rings.